The van der Waals surface area contributed by atoms with Crippen LogP contribution >= 0.6 is 0 Å². The average molecular weight is 1770 g/mol. The van der Waals surface area contributed by atoms with Gasteiger partial charge in [0.1, 0.15) is 0 Å². The summed E-state index contributed by atoms with van der Waals surface area (Å²) >= 11 is 0. The molecule has 3 heterocycles. The van der Waals surface area contributed by atoms with Crippen molar-refractivity contribution in [3.8, 4) is 162 Å². The van der Waals surface area contributed by atoms with Gasteiger partial charge >= 0.3 is 0 Å². The van der Waals surface area contributed by atoms with Crippen LogP contribution in [-0.2, 0) is 5.41 Å². The number of fused-ring (bicyclic) bond motifs is 22. The van der Waals surface area contributed by atoms with Crippen molar-refractivity contribution < 1.29 is 0 Å². The minimum atomic E-state index is -0.372. The summed E-state index contributed by atoms with van der Waals surface area (Å²) in [4.78, 5) is 0. The first kappa shape index (κ1) is 78.1. The van der Waals surface area contributed by atoms with E-state index in [9.17, 15) is 0 Å². The largest absolute Gasteiger partial charge is 0.309 e. The summed E-state index contributed by atoms with van der Waals surface area (Å²) in [6.07, 6.45) is 0. The van der Waals surface area contributed by atoms with Gasteiger partial charge in [-0.2, -0.15) is 0 Å². The Morgan fingerprint density at radius 1 is 0.136 bits per heavy atom. The van der Waals surface area contributed by atoms with Gasteiger partial charge in [0.2, 0.25) is 0 Å². The van der Waals surface area contributed by atoms with Crippen LogP contribution in [0.2, 0.25) is 0 Å². The molecular weight excluding hydrogens is 1690 g/mol. The summed E-state index contributed by atoms with van der Waals surface area (Å²) < 4.78 is 7.51. The highest BCUT2D eigenvalue weighted by Gasteiger charge is 2.52. The average Bonchev–Trinajstić information content (AvgIpc) is 1.50. The summed E-state index contributed by atoms with van der Waals surface area (Å²) in [6, 6.07) is 186. The summed E-state index contributed by atoms with van der Waals surface area (Å²) in [7, 11) is 0. The highest BCUT2D eigenvalue weighted by atomic mass is 15.0. The second-order valence-corrected chi connectivity index (χ2v) is 38.0. The third kappa shape index (κ3) is 11.1. The van der Waals surface area contributed by atoms with Gasteiger partial charge < -0.3 is 13.7 Å². The van der Waals surface area contributed by atoms with Crippen molar-refractivity contribution in [2.45, 2.75) is 5.41 Å². The maximum Gasteiger partial charge on any atom is 0.0726 e. The first-order chi connectivity index (χ1) is 69.6. The van der Waals surface area contributed by atoms with E-state index in [0.717, 1.165) is 5.69 Å². The van der Waals surface area contributed by atoms with Crippen molar-refractivity contribution in [2.75, 3.05) is 0 Å². The SMILES string of the molecule is c1ccc(-c2ccccc2-c2ccc(-n3c4ccc(-c5ccccc5)c5c4c4c6c(cccc6ccc43)-c3ccccc3-5)cc2)cc1.c1ccc(-c2ccccc2-c2ccc(-n3c4cccc5c4c4c6c(cccc6c6ccccc6c43)-c3ccccc3-5)cc2)cc1.c1ccc2c(c1)-c1cccc3ccc4c(c13)c1c-2cccc1n4-c1ccc2c(c1)C1(c3ccccc3-c3ccccc31)c1ccccc1-2. The Morgan fingerprint density at radius 3 is 0.929 bits per heavy atom. The zero-order chi connectivity index (χ0) is 91.5. The number of nitrogens with zero attached hydrogens (tertiary/aromatic N) is 3. The van der Waals surface area contributed by atoms with Crippen LogP contribution in [0.15, 0.2) is 504 Å². The fraction of sp³-hybridized carbons (Fsp3) is 0.00730. The van der Waals surface area contributed by atoms with E-state index in [1.807, 2.05) is 0 Å². The van der Waals surface area contributed by atoms with Crippen LogP contribution in [0, 0.1) is 0 Å². The lowest BCUT2D eigenvalue weighted by Gasteiger charge is -2.30. The molecule has 0 saturated carbocycles. The molecule has 0 atom stereocenters. The van der Waals surface area contributed by atoms with Gasteiger partial charge in [0.05, 0.1) is 38.5 Å². The second kappa shape index (κ2) is 30.4. The van der Waals surface area contributed by atoms with Gasteiger partial charge in [-0.25, -0.2) is 0 Å². The molecule has 1 spiro atoms. The van der Waals surface area contributed by atoms with Crippen LogP contribution in [0.25, 0.3) is 270 Å². The molecule has 3 nitrogen and oxygen atoms in total. The molecule has 646 valence electrons. The summed E-state index contributed by atoms with van der Waals surface area (Å²) in [5.74, 6) is 0. The molecule has 0 amide bonds. The van der Waals surface area contributed by atoms with Gasteiger partial charge in [0.15, 0.2) is 0 Å². The van der Waals surface area contributed by atoms with Crippen LogP contribution in [-0.4, -0.2) is 13.7 Å². The molecule has 0 saturated heterocycles. The molecule has 27 aromatic rings. The van der Waals surface area contributed by atoms with Gasteiger partial charge in [-0.15, -0.1) is 0 Å². The number of hydrogen-bond donors (Lipinski definition) is 0. The lowest BCUT2D eigenvalue weighted by Crippen LogP contribution is -2.26. The Balaban J connectivity index is 0.0000000988. The third-order valence-corrected chi connectivity index (χ3v) is 31.2. The molecule has 5 aliphatic carbocycles. The molecule has 0 radical (unpaired) electrons. The Bertz CT molecular complexity index is 9920. The van der Waals surface area contributed by atoms with E-state index in [0.29, 0.717) is 0 Å². The molecule has 3 aromatic heterocycles. The van der Waals surface area contributed by atoms with Gasteiger partial charge in [-0.3, -0.25) is 0 Å². The van der Waals surface area contributed by atoms with Crippen LogP contribution < -0.4 is 0 Å². The highest BCUT2D eigenvalue weighted by molar-refractivity contribution is 6.39. The van der Waals surface area contributed by atoms with Gasteiger partial charge in [0, 0.05) is 65.7 Å². The van der Waals surface area contributed by atoms with E-state index in [1.54, 1.807) is 0 Å². The number of aromatic nitrogens is 3. The fourth-order valence-electron chi connectivity index (χ4n) is 25.6. The molecule has 24 aromatic carbocycles. The van der Waals surface area contributed by atoms with Crippen molar-refractivity contribution >= 4 is 109 Å². The van der Waals surface area contributed by atoms with Crippen molar-refractivity contribution in [1.29, 1.82) is 0 Å². The molecule has 0 N–H and O–H groups in total. The standard InChI is InChI=1S/C47H27N.C46H29N.C44H27N/c1-2-13-31-30(12-1)36-17-9-11-28-23-26-43-46(44(28)36)45-37(31)18-10-22-42(45)48(43)29-24-25-35-34-16-5-8-21-40(34)47(41(35)27-29)38-19-6-3-14-32(38)33-15-4-7-20-39(33)47;1-3-12-30(13-4-1)35-17-7-8-18-36(35)32-22-25-34(26-23-32)47-41-28-24-33-16-11-21-39-38-19-9-10-20-40(38)44-37(31-14-5-2-6-15-31)27-29-42(47)46(44)45(41)43(33)39;1-2-12-28(13-3-1)31-14-4-5-15-32(31)29-24-26-30(27-25-29)45-40-23-11-22-38-34-17-7-6-16-33(34)36-20-10-21-37-35-18-8-9-19-39(35)44(45)43(41(36)37)42(38)40/h1-27H;1-29H;1-27H. The molecular formula is C137H83N3. The predicted octanol–water partition coefficient (Wildman–Crippen LogP) is 36.6. The summed E-state index contributed by atoms with van der Waals surface area (Å²) in [5, 5.41) is 18.5. The quantitative estimate of drug-likeness (QED) is 0.135. The highest BCUT2D eigenvalue weighted by Crippen LogP contribution is 2.64. The second-order valence-electron chi connectivity index (χ2n) is 38.0. The Kier molecular flexibility index (Phi) is 16.9. The van der Waals surface area contributed by atoms with E-state index in [-0.39, 0.29) is 5.41 Å². The van der Waals surface area contributed by atoms with Crippen molar-refractivity contribution in [3.05, 3.63) is 526 Å². The number of hydrogen-bond acceptors (Lipinski definition) is 0. The van der Waals surface area contributed by atoms with Crippen LogP contribution in [0.3, 0.4) is 0 Å². The molecule has 0 bridgehead atoms. The molecule has 5 aliphatic rings. The minimum absolute atomic E-state index is 0.372. The van der Waals surface area contributed by atoms with Crippen molar-refractivity contribution in [3.63, 3.8) is 0 Å². The fourth-order valence-corrected chi connectivity index (χ4v) is 25.6. The summed E-state index contributed by atoms with van der Waals surface area (Å²) in [5.41, 5.74) is 49.4. The zero-order valence-electron chi connectivity index (χ0n) is 76.3. The number of benzene rings is 24. The lowest BCUT2D eigenvalue weighted by molar-refractivity contribution is 0.792. The van der Waals surface area contributed by atoms with Crippen LogP contribution in [0.5, 0.6) is 0 Å². The monoisotopic (exact) mass is 1770 g/mol. The third-order valence-electron chi connectivity index (χ3n) is 31.2. The topological polar surface area (TPSA) is 14.8 Å². The molecule has 3 heteroatoms. The van der Waals surface area contributed by atoms with Gasteiger partial charge in [0.25, 0.3) is 0 Å². The van der Waals surface area contributed by atoms with Crippen LogP contribution in [0.4, 0.5) is 0 Å². The van der Waals surface area contributed by atoms with Crippen molar-refractivity contribution in [1.82, 2.24) is 13.7 Å². The Morgan fingerprint density at radius 2 is 0.436 bits per heavy atom. The first-order valence-corrected chi connectivity index (χ1v) is 48.8. The van der Waals surface area contributed by atoms with E-state index in [1.165, 1.54) is 287 Å². The Labute approximate surface area is 809 Å². The molecule has 140 heavy (non-hydrogen) atoms. The Hall–Kier alpha value is -18.3. The normalized spacial score (nSPS) is 12.6. The van der Waals surface area contributed by atoms with E-state index < -0.39 is 0 Å². The number of rotatable bonds is 8. The molecule has 0 aliphatic heterocycles. The first-order valence-electron chi connectivity index (χ1n) is 48.8. The van der Waals surface area contributed by atoms with Gasteiger partial charge in [-0.05, 0) is 260 Å². The van der Waals surface area contributed by atoms with E-state index in [2.05, 4.69) is 517 Å². The van der Waals surface area contributed by atoms with Gasteiger partial charge in [-0.1, -0.05) is 437 Å². The minimum Gasteiger partial charge on any atom is -0.309 e. The zero-order valence-corrected chi connectivity index (χ0v) is 76.3. The van der Waals surface area contributed by atoms with E-state index in [4.69, 9.17) is 0 Å². The maximum atomic E-state index is 2.53. The smallest absolute Gasteiger partial charge is 0.0726 e. The van der Waals surface area contributed by atoms with Crippen molar-refractivity contribution in [2.24, 2.45) is 0 Å². The summed E-state index contributed by atoms with van der Waals surface area (Å²) in [6.45, 7) is 0. The van der Waals surface area contributed by atoms with Crippen LogP contribution in [0.1, 0.15) is 22.3 Å². The molecule has 0 fully saturated rings. The maximum absolute atomic E-state index is 2.53. The predicted molar refractivity (Wildman–Crippen MR) is 589 cm³/mol. The molecule has 32 rings (SSSR count). The lowest BCUT2D eigenvalue weighted by atomic mass is 9.70. The van der Waals surface area contributed by atoms with E-state index >= 15 is 0 Å². The molecule has 0 unspecified atom stereocenters.